The summed E-state index contributed by atoms with van der Waals surface area (Å²) in [5, 5.41) is 6.25. The molecule has 1 amide bonds. The summed E-state index contributed by atoms with van der Waals surface area (Å²) in [6, 6.07) is 6.65. The van der Waals surface area contributed by atoms with E-state index < -0.39 is 0 Å². The van der Waals surface area contributed by atoms with Crippen molar-refractivity contribution in [2.75, 3.05) is 45.2 Å². The molecule has 2 aliphatic heterocycles. The smallest absolute Gasteiger partial charge is 0.253 e. The maximum absolute atomic E-state index is 12.6. The first-order chi connectivity index (χ1) is 12.2. The molecule has 0 saturated carbocycles. The van der Waals surface area contributed by atoms with Crippen molar-refractivity contribution in [2.45, 2.75) is 38.6 Å². The molecule has 5 nitrogen and oxygen atoms in total. The van der Waals surface area contributed by atoms with Gasteiger partial charge in [-0.25, -0.2) is 0 Å². The summed E-state index contributed by atoms with van der Waals surface area (Å²) in [6.07, 6.45) is 4.68. The largest absolute Gasteiger partial charge is 0.387 e. The van der Waals surface area contributed by atoms with Gasteiger partial charge in [0.05, 0.1) is 5.56 Å². The maximum Gasteiger partial charge on any atom is 0.253 e. The monoisotopic (exact) mass is 345 g/mol. The van der Waals surface area contributed by atoms with Gasteiger partial charge in [-0.2, -0.15) is 0 Å². The van der Waals surface area contributed by atoms with E-state index in [-0.39, 0.29) is 5.91 Å². The van der Waals surface area contributed by atoms with E-state index in [1.807, 2.05) is 32.2 Å². The predicted octanol–water partition coefficient (Wildman–Crippen LogP) is 2.66. The molecular formula is C20H31N3O2. The summed E-state index contributed by atoms with van der Waals surface area (Å²) < 4.78 is 5.47. The average molecular weight is 345 g/mol. The number of amides is 1. The molecule has 0 atom stereocenters. The zero-order valence-electron chi connectivity index (χ0n) is 15.5. The summed E-state index contributed by atoms with van der Waals surface area (Å²) >= 11 is 0. The fourth-order valence-corrected chi connectivity index (χ4v) is 3.97. The van der Waals surface area contributed by atoms with Gasteiger partial charge in [0.2, 0.25) is 0 Å². The van der Waals surface area contributed by atoms with Crippen LogP contribution in [0.5, 0.6) is 0 Å². The van der Waals surface area contributed by atoms with Crippen LogP contribution in [0.15, 0.2) is 18.2 Å². The number of piperidine rings is 1. The van der Waals surface area contributed by atoms with Crippen molar-refractivity contribution in [1.82, 2.24) is 10.2 Å². The van der Waals surface area contributed by atoms with Crippen LogP contribution < -0.4 is 10.6 Å². The summed E-state index contributed by atoms with van der Waals surface area (Å²) in [4.78, 5) is 15.2. The van der Waals surface area contributed by atoms with Crippen LogP contribution >= 0.6 is 0 Å². The van der Waals surface area contributed by atoms with E-state index in [0.29, 0.717) is 12.0 Å². The van der Waals surface area contributed by atoms with Gasteiger partial charge in [-0.3, -0.25) is 4.79 Å². The van der Waals surface area contributed by atoms with Crippen molar-refractivity contribution in [2.24, 2.45) is 5.92 Å². The minimum absolute atomic E-state index is 0.0277. The second kappa shape index (κ2) is 8.68. The summed E-state index contributed by atoms with van der Waals surface area (Å²) in [5.74, 6) is 0.614. The van der Waals surface area contributed by atoms with E-state index in [9.17, 15) is 4.79 Å². The van der Waals surface area contributed by atoms with Crippen LogP contribution in [-0.2, 0) is 4.74 Å². The molecule has 2 heterocycles. The normalized spacial score (nSPS) is 20.4. The Morgan fingerprint density at radius 2 is 1.92 bits per heavy atom. The molecule has 0 spiro atoms. The van der Waals surface area contributed by atoms with Crippen molar-refractivity contribution in [3.05, 3.63) is 29.3 Å². The van der Waals surface area contributed by atoms with Gasteiger partial charge in [0.15, 0.2) is 0 Å². The third kappa shape index (κ3) is 4.73. The van der Waals surface area contributed by atoms with Crippen molar-refractivity contribution in [3.63, 3.8) is 0 Å². The third-order valence-electron chi connectivity index (χ3n) is 5.60. The van der Waals surface area contributed by atoms with E-state index >= 15 is 0 Å². The number of anilines is 1. The molecule has 2 saturated heterocycles. The van der Waals surface area contributed by atoms with Crippen LogP contribution in [0.1, 0.15) is 41.6 Å². The first kappa shape index (κ1) is 18.2. The van der Waals surface area contributed by atoms with Gasteiger partial charge >= 0.3 is 0 Å². The molecule has 25 heavy (non-hydrogen) atoms. The molecule has 138 valence electrons. The average Bonchev–Trinajstić information content (AvgIpc) is 2.67. The number of carbonyl (C=O) groups excluding carboxylic acids is 1. The maximum atomic E-state index is 12.6. The lowest BCUT2D eigenvalue weighted by Crippen LogP contribution is -2.45. The van der Waals surface area contributed by atoms with Crippen LogP contribution in [0.3, 0.4) is 0 Å². The zero-order valence-corrected chi connectivity index (χ0v) is 15.5. The predicted molar refractivity (Wildman–Crippen MR) is 101 cm³/mol. The lowest BCUT2D eigenvalue weighted by Gasteiger charge is -2.39. The van der Waals surface area contributed by atoms with E-state index in [1.165, 1.54) is 25.7 Å². The zero-order chi connectivity index (χ0) is 17.6. The van der Waals surface area contributed by atoms with Crippen LogP contribution in [0.4, 0.5) is 5.69 Å². The second-order valence-corrected chi connectivity index (χ2v) is 7.33. The molecule has 2 N–H and O–H groups in total. The van der Waals surface area contributed by atoms with Crippen molar-refractivity contribution < 1.29 is 9.53 Å². The summed E-state index contributed by atoms with van der Waals surface area (Å²) in [6.45, 7) is 6.91. The highest BCUT2D eigenvalue weighted by Gasteiger charge is 2.26. The number of hydrogen-bond donors (Lipinski definition) is 2. The van der Waals surface area contributed by atoms with Crippen LogP contribution in [-0.4, -0.2) is 56.7 Å². The molecule has 5 heteroatoms. The van der Waals surface area contributed by atoms with Crippen LogP contribution in [0, 0.1) is 12.8 Å². The van der Waals surface area contributed by atoms with E-state index in [2.05, 4.69) is 15.5 Å². The molecule has 2 aliphatic rings. The highest BCUT2D eigenvalue weighted by molar-refractivity contribution is 5.99. The SMILES string of the molecule is CNc1ccc(C)cc1C(=O)NCC1CCN(C2CCOCC2)CC1. The first-order valence-corrected chi connectivity index (χ1v) is 9.55. The lowest BCUT2D eigenvalue weighted by atomic mass is 9.94. The highest BCUT2D eigenvalue weighted by Crippen LogP contribution is 2.23. The van der Waals surface area contributed by atoms with Crippen molar-refractivity contribution >= 4 is 11.6 Å². The topological polar surface area (TPSA) is 53.6 Å². The highest BCUT2D eigenvalue weighted by atomic mass is 16.5. The number of ether oxygens (including phenoxy) is 1. The van der Waals surface area contributed by atoms with Gasteiger partial charge in [0.25, 0.3) is 5.91 Å². The van der Waals surface area contributed by atoms with Gasteiger partial charge in [-0.05, 0) is 63.7 Å². The molecule has 2 fully saturated rings. The minimum atomic E-state index is 0.0277. The van der Waals surface area contributed by atoms with Gasteiger partial charge in [0, 0.05) is 38.5 Å². The molecule has 0 aliphatic carbocycles. The molecule has 1 aromatic carbocycles. The minimum Gasteiger partial charge on any atom is -0.387 e. The number of nitrogens with one attached hydrogen (secondary N) is 2. The lowest BCUT2D eigenvalue weighted by molar-refractivity contribution is 0.0211. The Hall–Kier alpha value is -1.59. The van der Waals surface area contributed by atoms with Crippen LogP contribution in [0.25, 0.3) is 0 Å². The third-order valence-corrected chi connectivity index (χ3v) is 5.60. The van der Waals surface area contributed by atoms with Crippen molar-refractivity contribution in [3.8, 4) is 0 Å². The second-order valence-electron chi connectivity index (χ2n) is 7.33. The summed E-state index contributed by atoms with van der Waals surface area (Å²) in [7, 11) is 1.85. The van der Waals surface area contributed by atoms with E-state index in [4.69, 9.17) is 4.74 Å². The number of carbonyl (C=O) groups is 1. The molecular weight excluding hydrogens is 314 g/mol. The van der Waals surface area contributed by atoms with E-state index in [0.717, 1.165) is 49.7 Å². The first-order valence-electron chi connectivity index (χ1n) is 9.55. The number of nitrogens with zero attached hydrogens (tertiary/aromatic N) is 1. The number of likely N-dealkylation sites (tertiary alicyclic amines) is 1. The van der Waals surface area contributed by atoms with Crippen LogP contribution in [0.2, 0.25) is 0 Å². The summed E-state index contributed by atoms with van der Waals surface area (Å²) in [5.41, 5.74) is 2.73. The molecule has 1 aromatic rings. The Balaban J connectivity index is 1.46. The fraction of sp³-hybridized carbons (Fsp3) is 0.650. The number of benzene rings is 1. The Kier molecular flexibility index (Phi) is 6.32. The number of aryl methyl sites for hydroxylation is 1. The molecule has 0 aromatic heterocycles. The Bertz CT molecular complexity index is 576. The molecule has 3 rings (SSSR count). The Morgan fingerprint density at radius 3 is 2.60 bits per heavy atom. The van der Waals surface area contributed by atoms with Gasteiger partial charge in [0.1, 0.15) is 0 Å². The quantitative estimate of drug-likeness (QED) is 0.861. The molecule has 0 radical (unpaired) electrons. The Labute approximate surface area is 151 Å². The van der Waals surface area contributed by atoms with Gasteiger partial charge < -0.3 is 20.3 Å². The number of rotatable bonds is 5. The van der Waals surface area contributed by atoms with Gasteiger partial charge in [-0.1, -0.05) is 11.6 Å². The molecule has 0 bridgehead atoms. The van der Waals surface area contributed by atoms with Gasteiger partial charge in [-0.15, -0.1) is 0 Å². The molecule has 0 unspecified atom stereocenters. The van der Waals surface area contributed by atoms with Crippen molar-refractivity contribution in [1.29, 1.82) is 0 Å². The number of hydrogen-bond acceptors (Lipinski definition) is 4. The fourth-order valence-electron chi connectivity index (χ4n) is 3.97. The van der Waals surface area contributed by atoms with E-state index in [1.54, 1.807) is 0 Å². The standard InChI is InChI=1S/C20H31N3O2/c1-15-3-4-19(21-2)18(13-15)20(24)22-14-16-5-9-23(10-6-16)17-7-11-25-12-8-17/h3-4,13,16-17,21H,5-12,14H2,1-2H3,(H,22,24). The Morgan fingerprint density at radius 1 is 1.20 bits per heavy atom.